The second-order valence-electron chi connectivity index (χ2n) is 4.83. The number of anilines is 1. The average Bonchev–Trinajstić information content (AvgIpc) is 2.50. The Morgan fingerprint density at radius 1 is 1.05 bits per heavy atom. The van der Waals surface area contributed by atoms with Crippen molar-refractivity contribution in [1.82, 2.24) is 0 Å². The van der Waals surface area contributed by atoms with Crippen LogP contribution in [0.25, 0.3) is 0 Å². The van der Waals surface area contributed by atoms with Gasteiger partial charge in [-0.3, -0.25) is 4.79 Å². The fraction of sp³-hybridized carbons (Fsp3) is 0.235. The Bertz CT molecular complexity index is 569. The molecule has 21 heavy (non-hydrogen) atoms. The van der Waals surface area contributed by atoms with E-state index in [9.17, 15) is 9.18 Å². The standard InChI is InChI=1S/C17H19FN2O/c18-15-7-9-16(10-8-15)20(12-4-11-19)17(21)13-14-5-2-1-3-6-14/h1-3,5-10H,4,11-13,19H2. The topological polar surface area (TPSA) is 46.3 Å². The van der Waals surface area contributed by atoms with Crippen molar-refractivity contribution in [1.29, 1.82) is 0 Å². The molecule has 3 nitrogen and oxygen atoms in total. The fourth-order valence-corrected chi connectivity index (χ4v) is 2.13. The van der Waals surface area contributed by atoms with Crippen LogP contribution in [-0.2, 0) is 11.2 Å². The first-order chi connectivity index (χ1) is 10.2. The first-order valence-electron chi connectivity index (χ1n) is 7.00. The normalized spacial score (nSPS) is 10.4. The highest BCUT2D eigenvalue weighted by atomic mass is 19.1. The molecule has 0 aliphatic carbocycles. The van der Waals surface area contributed by atoms with E-state index in [4.69, 9.17) is 5.73 Å². The van der Waals surface area contributed by atoms with E-state index < -0.39 is 0 Å². The molecule has 0 unspecified atom stereocenters. The van der Waals surface area contributed by atoms with Crippen LogP contribution in [0.3, 0.4) is 0 Å². The van der Waals surface area contributed by atoms with Gasteiger partial charge in [-0.1, -0.05) is 30.3 Å². The number of amides is 1. The molecule has 0 aliphatic rings. The van der Waals surface area contributed by atoms with E-state index in [1.165, 1.54) is 12.1 Å². The summed E-state index contributed by atoms with van der Waals surface area (Å²) in [6, 6.07) is 15.5. The Labute approximate surface area is 124 Å². The van der Waals surface area contributed by atoms with Gasteiger partial charge in [-0.05, 0) is 42.8 Å². The van der Waals surface area contributed by atoms with Gasteiger partial charge in [0.15, 0.2) is 0 Å². The molecule has 0 saturated carbocycles. The maximum Gasteiger partial charge on any atom is 0.231 e. The molecule has 0 atom stereocenters. The molecule has 2 N–H and O–H groups in total. The van der Waals surface area contributed by atoms with E-state index in [0.717, 1.165) is 5.56 Å². The lowest BCUT2D eigenvalue weighted by Crippen LogP contribution is -2.34. The second kappa shape index (κ2) is 7.55. The molecule has 0 heterocycles. The predicted octanol–water partition coefficient (Wildman–Crippen LogP) is 2.75. The van der Waals surface area contributed by atoms with Crippen molar-refractivity contribution >= 4 is 11.6 Å². The first-order valence-corrected chi connectivity index (χ1v) is 7.00. The third-order valence-corrected chi connectivity index (χ3v) is 3.22. The van der Waals surface area contributed by atoms with Gasteiger partial charge in [-0.2, -0.15) is 0 Å². The number of carbonyl (C=O) groups excluding carboxylic acids is 1. The Morgan fingerprint density at radius 2 is 1.71 bits per heavy atom. The average molecular weight is 286 g/mol. The second-order valence-corrected chi connectivity index (χ2v) is 4.83. The van der Waals surface area contributed by atoms with Crippen LogP contribution in [0.2, 0.25) is 0 Å². The molecular formula is C17H19FN2O. The molecular weight excluding hydrogens is 267 g/mol. The molecule has 0 spiro atoms. The molecule has 2 rings (SSSR count). The molecule has 0 aliphatic heterocycles. The van der Waals surface area contributed by atoms with Gasteiger partial charge in [0, 0.05) is 12.2 Å². The molecule has 2 aromatic carbocycles. The number of rotatable bonds is 6. The van der Waals surface area contributed by atoms with Crippen molar-refractivity contribution in [2.45, 2.75) is 12.8 Å². The third-order valence-electron chi connectivity index (χ3n) is 3.22. The number of carbonyl (C=O) groups is 1. The summed E-state index contributed by atoms with van der Waals surface area (Å²) in [4.78, 5) is 14.2. The minimum atomic E-state index is -0.312. The summed E-state index contributed by atoms with van der Waals surface area (Å²) >= 11 is 0. The number of nitrogens with zero attached hydrogens (tertiary/aromatic N) is 1. The minimum Gasteiger partial charge on any atom is -0.330 e. The van der Waals surface area contributed by atoms with Gasteiger partial charge in [-0.15, -0.1) is 0 Å². The van der Waals surface area contributed by atoms with Crippen molar-refractivity contribution in [3.8, 4) is 0 Å². The van der Waals surface area contributed by atoms with Crippen LogP contribution in [0.5, 0.6) is 0 Å². The Kier molecular flexibility index (Phi) is 5.46. The van der Waals surface area contributed by atoms with E-state index in [2.05, 4.69) is 0 Å². The monoisotopic (exact) mass is 286 g/mol. The highest BCUT2D eigenvalue weighted by Crippen LogP contribution is 2.17. The van der Waals surface area contributed by atoms with Crippen LogP contribution in [0.4, 0.5) is 10.1 Å². The van der Waals surface area contributed by atoms with E-state index in [0.29, 0.717) is 31.6 Å². The maximum atomic E-state index is 13.0. The summed E-state index contributed by atoms with van der Waals surface area (Å²) in [6.07, 6.45) is 1.03. The van der Waals surface area contributed by atoms with Gasteiger partial charge in [0.2, 0.25) is 5.91 Å². The summed E-state index contributed by atoms with van der Waals surface area (Å²) in [7, 11) is 0. The zero-order chi connectivity index (χ0) is 15.1. The van der Waals surface area contributed by atoms with Crippen LogP contribution < -0.4 is 10.6 Å². The number of hydrogen-bond acceptors (Lipinski definition) is 2. The third kappa shape index (κ3) is 4.39. The molecule has 0 fully saturated rings. The smallest absolute Gasteiger partial charge is 0.231 e. The van der Waals surface area contributed by atoms with E-state index >= 15 is 0 Å². The lowest BCUT2D eigenvalue weighted by molar-refractivity contribution is -0.118. The van der Waals surface area contributed by atoms with E-state index in [1.807, 2.05) is 30.3 Å². The largest absolute Gasteiger partial charge is 0.330 e. The summed E-state index contributed by atoms with van der Waals surface area (Å²) in [5, 5.41) is 0. The maximum absolute atomic E-state index is 13.0. The lowest BCUT2D eigenvalue weighted by Gasteiger charge is -2.23. The number of hydrogen-bond donors (Lipinski definition) is 1. The van der Waals surface area contributed by atoms with Crippen molar-refractivity contribution < 1.29 is 9.18 Å². The minimum absolute atomic E-state index is 0.0127. The molecule has 4 heteroatoms. The van der Waals surface area contributed by atoms with Crippen LogP contribution >= 0.6 is 0 Å². The number of nitrogens with two attached hydrogens (primary N) is 1. The fourth-order valence-electron chi connectivity index (χ4n) is 2.13. The van der Waals surface area contributed by atoms with Gasteiger partial charge in [0.1, 0.15) is 5.82 Å². The molecule has 0 aromatic heterocycles. The van der Waals surface area contributed by atoms with Crippen LogP contribution in [0.1, 0.15) is 12.0 Å². The number of halogens is 1. The zero-order valence-electron chi connectivity index (χ0n) is 11.8. The van der Waals surface area contributed by atoms with Crippen LogP contribution in [0, 0.1) is 5.82 Å². The zero-order valence-corrected chi connectivity index (χ0v) is 11.8. The number of benzene rings is 2. The van der Waals surface area contributed by atoms with Gasteiger partial charge in [-0.25, -0.2) is 4.39 Å². The van der Waals surface area contributed by atoms with Crippen LogP contribution in [-0.4, -0.2) is 19.0 Å². The highest BCUT2D eigenvalue weighted by Gasteiger charge is 2.15. The first kappa shape index (κ1) is 15.2. The molecule has 1 amide bonds. The lowest BCUT2D eigenvalue weighted by atomic mass is 10.1. The summed E-state index contributed by atoms with van der Waals surface area (Å²) in [6.45, 7) is 1.05. The Morgan fingerprint density at radius 3 is 2.33 bits per heavy atom. The van der Waals surface area contributed by atoms with Gasteiger partial charge in [0.05, 0.1) is 6.42 Å². The van der Waals surface area contributed by atoms with E-state index in [1.54, 1.807) is 17.0 Å². The highest BCUT2D eigenvalue weighted by molar-refractivity contribution is 5.94. The van der Waals surface area contributed by atoms with Crippen LogP contribution in [0.15, 0.2) is 54.6 Å². The molecule has 110 valence electrons. The van der Waals surface area contributed by atoms with Gasteiger partial charge >= 0.3 is 0 Å². The SMILES string of the molecule is NCCCN(C(=O)Cc1ccccc1)c1ccc(F)cc1. The van der Waals surface area contributed by atoms with E-state index in [-0.39, 0.29) is 11.7 Å². The summed E-state index contributed by atoms with van der Waals surface area (Å²) in [5.41, 5.74) is 7.19. The van der Waals surface area contributed by atoms with Gasteiger partial charge in [0.25, 0.3) is 0 Å². The Balaban J connectivity index is 2.15. The molecule has 2 aromatic rings. The molecule has 0 saturated heterocycles. The molecule has 0 bridgehead atoms. The van der Waals surface area contributed by atoms with Crippen molar-refractivity contribution in [3.63, 3.8) is 0 Å². The molecule has 0 radical (unpaired) electrons. The van der Waals surface area contributed by atoms with Crippen molar-refractivity contribution in [2.75, 3.05) is 18.0 Å². The predicted molar refractivity (Wildman–Crippen MR) is 82.6 cm³/mol. The summed E-state index contributed by atoms with van der Waals surface area (Å²) in [5.74, 6) is -0.325. The van der Waals surface area contributed by atoms with Gasteiger partial charge < -0.3 is 10.6 Å². The van der Waals surface area contributed by atoms with Crippen molar-refractivity contribution in [3.05, 3.63) is 66.0 Å². The Hall–Kier alpha value is -2.20. The summed E-state index contributed by atoms with van der Waals surface area (Å²) < 4.78 is 13.0. The van der Waals surface area contributed by atoms with Crippen molar-refractivity contribution in [2.24, 2.45) is 5.73 Å². The quantitative estimate of drug-likeness (QED) is 0.887.